The van der Waals surface area contributed by atoms with E-state index in [0.29, 0.717) is 36.1 Å². The van der Waals surface area contributed by atoms with Crippen LogP contribution in [0.15, 0.2) is 42.0 Å². The van der Waals surface area contributed by atoms with Gasteiger partial charge in [0.05, 0.1) is 29.0 Å². The largest absolute Gasteiger partial charge is 0.383 e. The molecule has 0 radical (unpaired) electrons. The average molecular weight is 449 g/mol. The van der Waals surface area contributed by atoms with Gasteiger partial charge in [0.25, 0.3) is 5.91 Å². The van der Waals surface area contributed by atoms with Crippen LogP contribution in [0.3, 0.4) is 0 Å². The van der Waals surface area contributed by atoms with Crippen molar-refractivity contribution in [1.82, 2.24) is 29.9 Å². The Bertz CT molecular complexity index is 1270. The fraction of sp³-hybridized carbons (Fsp3) is 0.318. The number of rotatable bonds is 3. The highest BCUT2D eigenvalue weighted by Crippen LogP contribution is 2.27. The molecule has 0 saturated carbocycles. The van der Waals surface area contributed by atoms with Gasteiger partial charge in [-0.2, -0.15) is 20.0 Å². The normalized spacial score (nSPS) is 17.0. The average Bonchev–Trinajstić information content (AvgIpc) is 3.44. The Labute approximate surface area is 189 Å². The lowest BCUT2D eigenvalue weighted by molar-refractivity contribution is 0.0704. The van der Waals surface area contributed by atoms with Crippen LogP contribution in [0, 0.1) is 6.92 Å². The molecule has 32 heavy (non-hydrogen) atoms. The van der Waals surface area contributed by atoms with Crippen molar-refractivity contribution >= 4 is 39.2 Å². The number of thiophene rings is 1. The van der Waals surface area contributed by atoms with E-state index in [1.165, 1.54) is 4.80 Å². The van der Waals surface area contributed by atoms with Gasteiger partial charge in [-0.05, 0) is 43.8 Å². The van der Waals surface area contributed by atoms with E-state index in [1.807, 2.05) is 41.5 Å². The van der Waals surface area contributed by atoms with Crippen molar-refractivity contribution in [3.05, 3.63) is 53.2 Å². The summed E-state index contributed by atoms with van der Waals surface area (Å²) in [5.41, 5.74) is 8.45. The van der Waals surface area contributed by atoms with Crippen molar-refractivity contribution in [2.75, 3.05) is 30.3 Å². The maximum Gasteiger partial charge on any atom is 0.256 e. The van der Waals surface area contributed by atoms with Crippen LogP contribution < -0.4 is 10.6 Å². The van der Waals surface area contributed by atoms with Gasteiger partial charge < -0.3 is 15.5 Å². The molecule has 2 N–H and O–H groups in total. The summed E-state index contributed by atoms with van der Waals surface area (Å²) in [5.74, 6) is 1.09. The topological polar surface area (TPSA) is 106 Å². The number of amides is 1. The van der Waals surface area contributed by atoms with E-state index in [2.05, 4.69) is 27.0 Å². The molecule has 1 aliphatic rings. The fourth-order valence-corrected chi connectivity index (χ4v) is 4.83. The quantitative estimate of drug-likeness (QED) is 0.514. The number of nitrogens with two attached hydrogens (primary N) is 1. The number of anilines is 2. The molecule has 10 heteroatoms. The van der Waals surface area contributed by atoms with E-state index >= 15 is 0 Å². The Kier molecular flexibility index (Phi) is 5.22. The molecular formula is C22H24N8OS. The van der Waals surface area contributed by atoms with Gasteiger partial charge in [0.2, 0.25) is 5.95 Å². The highest BCUT2D eigenvalue weighted by Gasteiger charge is 2.29. The molecule has 1 fully saturated rings. The predicted octanol–water partition coefficient (Wildman–Crippen LogP) is 2.90. The molecule has 1 atom stereocenters. The maximum absolute atomic E-state index is 13.7. The van der Waals surface area contributed by atoms with Gasteiger partial charge in [0, 0.05) is 25.7 Å². The Morgan fingerprint density at radius 2 is 1.94 bits per heavy atom. The monoisotopic (exact) mass is 448 g/mol. The molecule has 1 aromatic carbocycles. The van der Waals surface area contributed by atoms with Crippen LogP contribution in [-0.4, -0.2) is 61.4 Å². The van der Waals surface area contributed by atoms with Crippen LogP contribution in [0.25, 0.3) is 15.9 Å². The van der Waals surface area contributed by atoms with Gasteiger partial charge in [0.15, 0.2) is 0 Å². The summed E-state index contributed by atoms with van der Waals surface area (Å²) < 4.78 is 0. The molecule has 1 aliphatic heterocycles. The zero-order chi connectivity index (χ0) is 22.2. The van der Waals surface area contributed by atoms with Crippen LogP contribution in [-0.2, 0) is 0 Å². The molecule has 9 nitrogen and oxygen atoms in total. The van der Waals surface area contributed by atoms with Crippen molar-refractivity contribution in [3.63, 3.8) is 0 Å². The van der Waals surface area contributed by atoms with Crippen molar-refractivity contribution < 1.29 is 4.79 Å². The molecule has 1 amide bonds. The highest BCUT2D eigenvalue weighted by atomic mass is 32.1. The standard InChI is InChI=1S/C22H24N8OS/c1-14-3-4-18(30-24-7-8-25-30)17(13-14)21(31)29-11-10-28(9-5-15(29)2)22-26-19(23)16-6-12-32-20(16)27-22/h3-4,6-8,12-13,15H,5,9-11H2,1-2H3,(H2,23,26,27)/t15-/m1/s1. The molecule has 0 bridgehead atoms. The maximum atomic E-state index is 13.7. The predicted molar refractivity (Wildman–Crippen MR) is 125 cm³/mol. The summed E-state index contributed by atoms with van der Waals surface area (Å²) in [7, 11) is 0. The number of aryl methyl sites for hydroxylation is 1. The molecule has 3 aromatic heterocycles. The third-order valence-electron chi connectivity index (χ3n) is 5.86. The molecule has 0 unspecified atom stereocenters. The number of nitrogens with zero attached hydrogens (tertiary/aromatic N) is 7. The molecule has 164 valence electrons. The Hall–Kier alpha value is -3.53. The second-order valence-corrected chi connectivity index (χ2v) is 8.91. The Balaban J connectivity index is 1.42. The fourth-order valence-electron chi connectivity index (χ4n) is 4.06. The zero-order valence-electron chi connectivity index (χ0n) is 18.0. The van der Waals surface area contributed by atoms with Crippen molar-refractivity contribution in [2.45, 2.75) is 26.3 Å². The first-order valence-electron chi connectivity index (χ1n) is 10.6. The van der Waals surface area contributed by atoms with Crippen molar-refractivity contribution in [1.29, 1.82) is 0 Å². The zero-order valence-corrected chi connectivity index (χ0v) is 18.8. The van der Waals surface area contributed by atoms with Gasteiger partial charge in [-0.3, -0.25) is 4.79 Å². The number of nitrogen functional groups attached to an aromatic ring is 1. The van der Waals surface area contributed by atoms with Gasteiger partial charge >= 0.3 is 0 Å². The molecule has 0 spiro atoms. The molecule has 4 heterocycles. The van der Waals surface area contributed by atoms with Crippen LogP contribution >= 0.6 is 11.3 Å². The smallest absolute Gasteiger partial charge is 0.256 e. The third kappa shape index (κ3) is 3.66. The lowest BCUT2D eigenvalue weighted by atomic mass is 10.1. The molecule has 0 aliphatic carbocycles. The van der Waals surface area contributed by atoms with Crippen LogP contribution in [0.2, 0.25) is 0 Å². The summed E-state index contributed by atoms with van der Waals surface area (Å²) in [5, 5.41) is 11.3. The summed E-state index contributed by atoms with van der Waals surface area (Å²) in [4.78, 5) is 29.3. The Morgan fingerprint density at radius 3 is 2.75 bits per heavy atom. The number of carbonyl (C=O) groups is 1. The molecule has 5 rings (SSSR count). The third-order valence-corrected chi connectivity index (χ3v) is 6.67. The minimum Gasteiger partial charge on any atom is -0.383 e. The number of hydrogen-bond donors (Lipinski definition) is 1. The number of hydrogen-bond acceptors (Lipinski definition) is 8. The van der Waals surface area contributed by atoms with Gasteiger partial charge in [-0.25, -0.2) is 4.98 Å². The minimum atomic E-state index is -0.0236. The lowest BCUT2D eigenvalue weighted by Gasteiger charge is -2.27. The van der Waals surface area contributed by atoms with Gasteiger partial charge in [0.1, 0.15) is 10.6 Å². The minimum absolute atomic E-state index is 0.0236. The highest BCUT2D eigenvalue weighted by molar-refractivity contribution is 7.16. The van der Waals surface area contributed by atoms with E-state index in [-0.39, 0.29) is 11.9 Å². The first-order valence-corrected chi connectivity index (χ1v) is 11.4. The number of benzene rings is 1. The Morgan fingerprint density at radius 1 is 1.12 bits per heavy atom. The first-order chi connectivity index (χ1) is 15.5. The summed E-state index contributed by atoms with van der Waals surface area (Å²) in [6.07, 6.45) is 4.02. The first kappa shape index (κ1) is 20.4. The summed E-state index contributed by atoms with van der Waals surface area (Å²) in [6.45, 7) is 6.01. The van der Waals surface area contributed by atoms with Crippen molar-refractivity contribution in [2.24, 2.45) is 0 Å². The van der Waals surface area contributed by atoms with Crippen LogP contribution in [0.1, 0.15) is 29.3 Å². The second kappa shape index (κ2) is 8.19. The van der Waals surface area contributed by atoms with Crippen molar-refractivity contribution in [3.8, 4) is 5.69 Å². The molecular weight excluding hydrogens is 424 g/mol. The SMILES string of the molecule is Cc1ccc(-n2nccn2)c(C(=O)N2CCN(c3nc(N)c4ccsc4n3)CC[C@H]2C)c1. The second-order valence-electron chi connectivity index (χ2n) is 8.01. The molecule has 1 saturated heterocycles. The number of carbonyl (C=O) groups excluding carboxylic acids is 1. The van der Waals surface area contributed by atoms with Gasteiger partial charge in [-0.1, -0.05) is 11.6 Å². The lowest BCUT2D eigenvalue weighted by Crippen LogP contribution is -2.40. The molecule has 4 aromatic rings. The van der Waals surface area contributed by atoms with Crippen LogP contribution in [0.5, 0.6) is 0 Å². The van der Waals surface area contributed by atoms with E-state index < -0.39 is 0 Å². The summed E-state index contributed by atoms with van der Waals surface area (Å²) in [6, 6.07) is 7.77. The van der Waals surface area contributed by atoms with E-state index in [1.54, 1.807) is 23.7 Å². The van der Waals surface area contributed by atoms with Gasteiger partial charge in [-0.15, -0.1) is 11.3 Å². The number of aromatic nitrogens is 5. The van der Waals surface area contributed by atoms with E-state index in [9.17, 15) is 4.79 Å². The van der Waals surface area contributed by atoms with Crippen LogP contribution in [0.4, 0.5) is 11.8 Å². The number of fused-ring (bicyclic) bond motifs is 1. The summed E-state index contributed by atoms with van der Waals surface area (Å²) >= 11 is 1.55. The van der Waals surface area contributed by atoms with E-state index in [4.69, 9.17) is 10.7 Å². The van der Waals surface area contributed by atoms with E-state index in [0.717, 1.165) is 28.7 Å².